The third-order valence-corrected chi connectivity index (χ3v) is 2.87. The summed E-state index contributed by atoms with van der Waals surface area (Å²) in [6.07, 6.45) is 0. The Morgan fingerprint density at radius 3 is 2.53 bits per heavy atom. The summed E-state index contributed by atoms with van der Waals surface area (Å²) in [5, 5.41) is 10.1. The number of hydrogen-bond acceptors (Lipinski definition) is 2. The van der Waals surface area contributed by atoms with E-state index in [0.717, 1.165) is 18.7 Å². The summed E-state index contributed by atoms with van der Waals surface area (Å²) < 4.78 is 25.6. The molecule has 0 amide bonds. The van der Waals surface area contributed by atoms with Crippen LogP contribution in [-0.2, 0) is 5.60 Å². The van der Waals surface area contributed by atoms with Crippen molar-refractivity contribution in [3.63, 3.8) is 0 Å². The van der Waals surface area contributed by atoms with Gasteiger partial charge in [-0.3, -0.25) is 4.90 Å². The lowest BCUT2D eigenvalue weighted by atomic mass is 9.86. The Morgan fingerprint density at radius 2 is 2.00 bits per heavy atom. The van der Waals surface area contributed by atoms with Gasteiger partial charge in [-0.1, -0.05) is 13.0 Å². The minimum absolute atomic E-state index is 0.450. The minimum Gasteiger partial charge on any atom is -0.382 e. The number of likely N-dealkylation sites (N-methyl/N-ethyl adjacent to an activating group) is 1. The van der Waals surface area contributed by atoms with Crippen LogP contribution in [0.15, 0.2) is 18.2 Å². The quantitative estimate of drug-likeness (QED) is 0.804. The van der Waals surface area contributed by atoms with Gasteiger partial charge in [-0.25, -0.2) is 8.78 Å². The van der Waals surface area contributed by atoms with Crippen molar-refractivity contribution < 1.29 is 13.9 Å². The molecule has 1 heterocycles. The first-order chi connectivity index (χ1) is 7.05. The molecule has 1 saturated heterocycles. The number of benzene rings is 1. The molecule has 0 saturated carbocycles. The average Bonchev–Trinajstić information content (AvgIpc) is 2.17. The normalized spacial score (nSPS) is 20.0. The predicted molar refractivity (Wildman–Crippen MR) is 52.4 cm³/mol. The van der Waals surface area contributed by atoms with Crippen molar-refractivity contribution >= 4 is 0 Å². The molecule has 2 rings (SSSR count). The summed E-state index contributed by atoms with van der Waals surface area (Å²) in [7, 11) is 0. The van der Waals surface area contributed by atoms with Gasteiger partial charge in [-0.05, 0) is 24.2 Å². The maximum Gasteiger partial charge on any atom is 0.159 e. The molecule has 0 spiro atoms. The van der Waals surface area contributed by atoms with Gasteiger partial charge in [0.15, 0.2) is 11.6 Å². The molecule has 0 aromatic heterocycles. The standard InChI is InChI=1S/C11H13F2NO/c1-2-14-6-11(15,7-14)8-3-4-9(12)10(13)5-8/h3-5,15H,2,6-7H2,1H3. The van der Waals surface area contributed by atoms with Crippen LogP contribution < -0.4 is 0 Å². The molecule has 1 aromatic carbocycles. The molecule has 1 aliphatic rings. The number of aliphatic hydroxyl groups is 1. The second-order valence-corrected chi connectivity index (χ2v) is 3.96. The smallest absolute Gasteiger partial charge is 0.159 e. The van der Waals surface area contributed by atoms with E-state index in [0.29, 0.717) is 18.7 Å². The molecule has 0 atom stereocenters. The number of rotatable bonds is 2. The number of hydrogen-bond donors (Lipinski definition) is 1. The van der Waals surface area contributed by atoms with Crippen LogP contribution in [0, 0.1) is 11.6 Å². The Hall–Kier alpha value is -1.00. The Balaban J connectivity index is 2.20. The molecule has 1 N–H and O–H groups in total. The number of nitrogens with zero attached hydrogens (tertiary/aromatic N) is 1. The highest BCUT2D eigenvalue weighted by Crippen LogP contribution is 2.32. The molecule has 0 unspecified atom stereocenters. The molecule has 15 heavy (non-hydrogen) atoms. The molecule has 4 heteroatoms. The van der Waals surface area contributed by atoms with Crippen LogP contribution in [0.5, 0.6) is 0 Å². The Labute approximate surface area is 87.1 Å². The van der Waals surface area contributed by atoms with Gasteiger partial charge < -0.3 is 5.11 Å². The van der Waals surface area contributed by atoms with Gasteiger partial charge in [0.2, 0.25) is 0 Å². The van der Waals surface area contributed by atoms with Gasteiger partial charge in [-0.15, -0.1) is 0 Å². The van der Waals surface area contributed by atoms with E-state index in [1.165, 1.54) is 6.07 Å². The van der Waals surface area contributed by atoms with E-state index in [9.17, 15) is 13.9 Å². The van der Waals surface area contributed by atoms with Crippen LogP contribution in [0.1, 0.15) is 12.5 Å². The van der Waals surface area contributed by atoms with Crippen molar-refractivity contribution in [1.82, 2.24) is 4.90 Å². The lowest BCUT2D eigenvalue weighted by molar-refractivity contribution is -0.102. The molecular weight excluding hydrogens is 200 g/mol. The first-order valence-corrected chi connectivity index (χ1v) is 4.95. The fourth-order valence-corrected chi connectivity index (χ4v) is 1.89. The van der Waals surface area contributed by atoms with E-state index >= 15 is 0 Å². The monoisotopic (exact) mass is 213 g/mol. The van der Waals surface area contributed by atoms with Crippen molar-refractivity contribution in [1.29, 1.82) is 0 Å². The molecule has 1 aromatic rings. The Kier molecular flexibility index (Phi) is 2.48. The van der Waals surface area contributed by atoms with E-state index in [2.05, 4.69) is 0 Å². The topological polar surface area (TPSA) is 23.5 Å². The SMILES string of the molecule is CCN1CC(O)(c2ccc(F)c(F)c2)C1. The fourth-order valence-electron chi connectivity index (χ4n) is 1.89. The zero-order valence-corrected chi connectivity index (χ0v) is 8.50. The van der Waals surface area contributed by atoms with Crippen LogP contribution >= 0.6 is 0 Å². The van der Waals surface area contributed by atoms with E-state index in [1.807, 2.05) is 11.8 Å². The largest absolute Gasteiger partial charge is 0.382 e. The van der Waals surface area contributed by atoms with Crippen molar-refractivity contribution in [2.24, 2.45) is 0 Å². The van der Waals surface area contributed by atoms with Crippen molar-refractivity contribution in [2.45, 2.75) is 12.5 Å². The summed E-state index contributed by atoms with van der Waals surface area (Å²) in [6, 6.07) is 3.56. The zero-order valence-electron chi connectivity index (χ0n) is 8.50. The number of likely N-dealkylation sites (tertiary alicyclic amines) is 1. The molecule has 2 nitrogen and oxygen atoms in total. The van der Waals surface area contributed by atoms with Gasteiger partial charge in [-0.2, -0.15) is 0 Å². The summed E-state index contributed by atoms with van der Waals surface area (Å²) in [5.41, 5.74) is -0.559. The van der Waals surface area contributed by atoms with Crippen LogP contribution in [0.2, 0.25) is 0 Å². The Morgan fingerprint density at radius 1 is 1.33 bits per heavy atom. The minimum atomic E-state index is -1.01. The summed E-state index contributed by atoms with van der Waals surface area (Å²) >= 11 is 0. The molecule has 0 aliphatic carbocycles. The third-order valence-electron chi connectivity index (χ3n) is 2.87. The predicted octanol–water partition coefficient (Wildman–Crippen LogP) is 1.49. The highest BCUT2D eigenvalue weighted by Gasteiger charge is 2.41. The van der Waals surface area contributed by atoms with Gasteiger partial charge in [0.25, 0.3) is 0 Å². The van der Waals surface area contributed by atoms with Crippen LogP contribution in [-0.4, -0.2) is 29.6 Å². The highest BCUT2D eigenvalue weighted by atomic mass is 19.2. The summed E-state index contributed by atoms with van der Waals surface area (Å²) in [5.74, 6) is -1.79. The molecule has 82 valence electrons. The lowest BCUT2D eigenvalue weighted by Gasteiger charge is -2.46. The summed E-state index contributed by atoms with van der Waals surface area (Å²) in [4.78, 5) is 2.03. The van der Waals surface area contributed by atoms with Crippen molar-refractivity contribution in [3.8, 4) is 0 Å². The van der Waals surface area contributed by atoms with Crippen molar-refractivity contribution in [2.75, 3.05) is 19.6 Å². The first-order valence-electron chi connectivity index (χ1n) is 4.95. The van der Waals surface area contributed by atoms with Gasteiger partial charge >= 0.3 is 0 Å². The van der Waals surface area contributed by atoms with E-state index in [1.54, 1.807) is 0 Å². The lowest BCUT2D eigenvalue weighted by Crippen LogP contribution is -2.59. The van der Waals surface area contributed by atoms with Gasteiger partial charge in [0.1, 0.15) is 5.60 Å². The second-order valence-electron chi connectivity index (χ2n) is 3.96. The van der Waals surface area contributed by atoms with E-state index in [4.69, 9.17) is 0 Å². The highest BCUT2D eigenvalue weighted by molar-refractivity contribution is 5.27. The third kappa shape index (κ3) is 1.75. The molecule has 1 aliphatic heterocycles. The Bertz CT molecular complexity index is 375. The molecular formula is C11H13F2NO. The van der Waals surface area contributed by atoms with E-state index in [-0.39, 0.29) is 0 Å². The maximum absolute atomic E-state index is 12.9. The van der Waals surface area contributed by atoms with E-state index < -0.39 is 17.2 Å². The fraction of sp³-hybridized carbons (Fsp3) is 0.455. The summed E-state index contributed by atoms with van der Waals surface area (Å²) in [6.45, 7) is 3.81. The average molecular weight is 213 g/mol. The van der Waals surface area contributed by atoms with Crippen LogP contribution in [0.4, 0.5) is 8.78 Å². The van der Waals surface area contributed by atoms with Crippen LogP contribution in [0.25, 0.3) is 0 Å². The van der Waals surface area contributed by atoms with Gasteiger partial charge in [0.05, 0.1) is 0 Å². The molecule has 0 radical (unpaired) electrons. The molecule has 1 fully saturated rings. The number of halogens is 2. The van der Waals surface area contributed by atoms with Gasteiger partial charge in [0, 0.05) is 13.1 Å². The number of β-amino-alcohol motifs (C(OH)–C–C–N with tert-alkyl or cyclic N) is 1. The second kappa shape index (κ2) is 3.54. The first kappa shape index (κ1) is 10.5. The van der Waals surface area contributed by atoms with Crippen molar-refractivity contribution in [3.05, 3.63) is 35.4 Å². The zero-order chi connectivity index (χ0) is 11.1. The van der Waals surface area contributed by atoms with Crippen LogP contribution in [0.3, 0.4) is 0 Å². The molecule has 0 bridgehead atoms. The maximum atomic E-state index is 12.9.